The molecule has 0 fully saturated rings. The Hall–Kier alpha value is -1.99. The van der Waals surface area contributed by atoms with Gasteiger partial charge in [0.25, 0.3) is 11.6 Å². The largest absolute Gasteiger partial charge is 0.389 e. The number of aliphatic hydroxyl groups excluding tert-OH is 1. The van der Waals surface area contributed by atoms with E-state index in [4.69, 9.17) is 4.74 Å². The number of rotatable bonds is 6. The highest BCUT2D eigenvalue weighted by atomic mass is 16.6. The lowest BCUT2D eigenvalue weighted by Crippen LogP contribution is -2.34. The first-order chi connectivity index (χ1) is 8.95. The summed E-state index contributed by atoms with van der Waals surface area (Å²) in [5.41, 5.74) is 0.705. The Balaban J connectivity index is 2.76. The van der Waals surface area contributed by atoms with E-state index < -0.39 is 16.9 Å². The number of nitro benzene ring substituents is 1. The van der Waals surface area contributed by atoms with Gasteiger partial charge in [-0.05, 0) is 12.5 Å². The summed E-state index contributed by atoms with van der Waals surface area (Å²) in [6.45, 7) is 1.81. The number of nitrogens with one attached hydrogen (secondary N) is 1. The van der Waals surface area contributed by atoms with E-state index in [1.807, 2.05) is 0 Å². The van der Waals surface area contributed by atoms with Gasteiger partial charge in [-0.15, -0.1) is 0 Å². The number of amides is 1. The quantitative estimate of drug-likeness (QED) is 0.582. The molecule has 7 heteroatoms. The van der Waals surface area contributed by atoms with Gasteiger partial charge in [0.2, 0.25) is 0 Å². The molecule has 0 saturated carbocycles. The molecule has 0 spiro atoms. The number of carbonyl (C=O) groups is 1. The number of hydrogen-bond acceptors (Lipinski definition) is 5. The zero-order valence-electron chi connectivity index (χ0n) is 10.8. The SMILES string of the molecule is COCC(O)CNC(=O)c1cc([N+](=O)[O-])ccc1C. The zero-order valence-corrected chi connectivity index (χ0v) is 10.8. The molecule has 0 aromatic heterocycles. The molecule has 104 valence electrons. The third-order valence-corrected chi connectivity index (χ3v) is 2.53. The van der Waals surface area contributed by atoms with Crippen LogP contribution >= 0.6 is 0 Å². The highest BCUT2D eigenvalue weighted by Crippen LogP contribution is 2.17. The van der Waals surface area contributed by atoms with Gasteiger partial charge < -0.3 is 15.2 Å². The van der Waals surface area contributed by atoms with Crippen LogP contribution in [-0.4, -0.2) is 42.3 Å². The molecule has 0 saturated heterocycles. The topological polar surface area (TPSA) is 102 Å². The first-order valence-corrected chi connectivity index (χ1v) is 5.66. The van der Waals surface area contributed by atoms with Crippen molar-refractivity contribution in [3.63, 3.8) is 0 Å². The van der Waals surface area contributed by atoms with Gasteiger partial charge in [-0.2, -0.15) is 0 Å². The molecule has 0 heterocycles. The molecule has 0 aliphatic rings. The smallest absolute Gasteiger partial charge is 0.270 e. The number of aliphatic hydroxyl groups is 1. The summed E-state index contributed by atoms with van der Waals surface area (Å²) in [5, 5.41) is 22.6. The zero-order chi connectivity index (χ0) is 14.4. The van der Waals surface area contributed by atoms with Crippen LogP contribution in [0.2, 0.25) is 0 Å². The number of hydrogen-bond donors (Lipinski definition) is 2. The minimum Gasteiger partial charge on any atom is -0.389 e. The van der Waals surface area contributed by atoms with Crippen molar-refractivity contribution in [3.8, 4) is 0 Å². The first kappa shape index (κ1) is 15.1. The van der Waals surface area contributed by atoms with Crippen LogP contribution in [0, 0.1) is 17.0 Å². The van der Waals surface area contributed by atoms with Gasteiger partial charge in [0.1, 0.15) is 0 Å². The average Bonchev–Trinajstić information content (AvgIpc) is 2.36. The summed E-state index contributed by atoms with van der Waals surface area (Å²) in [6, 6.07) is 4.07. The number of ether oxygens (including phenoxy) is 1. The van der Waals surface area contributed by atoms with Gasteiger partial charge >= 0.3 is 0 Å². The van der Waals surface area contributed by atoms with E-state index in [-0.39, 0.29) is 24.4 Å². The van der Waals surface area contributed by atoms with Crippen molar-refractivity contribution in [1.29, 1.82) is 0 Å². The molecule has 7 nitrogen and oxygen atoms in total. The van der Waals surface area contributed by atoms with E-state index in [2.05, 4.69) is 5.32 Å². The highest BCUT2D eigenvalue weighted by Gasteiger charge is 2.15. The molecular formula is C12H16N2O5. The predicted molar refractivity (Wildman–Crippen MR) is 68.0 cm³/mol. The van der Waals surface area contributed by atoms with Crippen LogP contribution in [0.15, 0.2) is 18.2 Å². The predicted octanol–water partition coefficient (Wildman–Crippen LogP) is 0.640. The van der Waals surface area contributed by atoms with E-state index in [9.17, 15) is 20.0 Å². The molecule has 2 N–H and O–H groups in total. The van der Waals surface area contributed by atoms with Crippen LogP contribution in [0.3, 0.4) is 0 Å². The van der Waals surface area contributed by atoms with Crippen LogP contribution in [0.4, 0.5) is 5.69 Å². The lowest BCUT2D eigenvalue weighted by Gasteiger charge is -2.11. The fourth-order valence-electron chi connectivity index (χ4n) is 1.53. The molecule has 1 aromatic rings. The number of non-ortho nitro benzene ring substituents is 1. The summed E-state index contributed by atoms with van der Waals surface area (Å²) in [6.07, 6.45) is -0.812. The number of methoxy groups -OCH3 is 1. The maximum atomic E-state index is 11.9. The van der Waals surface area contributed by atoms with E-state index in [0.717, 1.165) is 0 Å². The van der Waals surface area contributed by atoms with Gasteiger partial charge in [-0.25, -0.2) is 0 Å². The molecule has 0 bridgehead atoms. The third kappa shape index (κ3) is 4.31. The minimum absolute atomic E-state index is 0.0226. The molecule has 1 amide bonds. The van der Waals surface area contributed by atoms with Crippen molar-refractivity contribution >= 4 is 11.6 Å². The van der Waals surface area contributed by atoms with Crippen LogP contribution in [0.25, 0.3) is 0 Å². The second kappa shape index (κ2) is 6.81. The Labute approximate surface area is 110 Å². The van der Waals surface area contributed by atoms with E-state index in [1.54, 1.807) is 6.92 Å². The van der Waals surface area contributed by atoms with E-state index >= 15 is 0 Å². The molecule has 1 rings (SSSR count). The lowest BCUT2D eigenvalue weighted by atomic mass is 10.1. The highest BCUT2D eigenvalue weighted by molar-refractivity contribution is 5.96. The number of carbonyl (C=O) groups excluding carboxylic acids is 1. The number of nitrogens with zero attached hydrogens (tertiary/aromatic N) is 1. The maximum Gasteiger partial charge on any atom is 0.270 e. The van der Waals surface area contributed by atoms with Crippen LogP contribution < -0.4 is 5.32 Å². The van der Waals surface area contributed by atoms with Crippen molar-refractivity contribution < 1.29 is 19.6 Å². The summed E-state index contributed by atoms with van der Waals surface area (Å²) >= 11 is 0. The number of nitro groups is 1. The molecule has 19 heavy (non-hydrogen) atoms. The fourth-order valence-corrected chi connectivity index (χ4v) is 1.53. The van der Waals surface area contributed by atoms with Gasteiger partial charge in [0.05, 0.1) is 17.6 Å². The Morgan fingerprint density at radius 3 is 2.84 bits per heavy atom. The summed E-state index contributed by atoms with van der Waals surface area (Å²) in [7, 11) is 1.44. The number of aryl methyl sites for hydroxylation is 1. The molecule has 0 aliphatic carbocycles. The Morgan fingerprint density at radius 1 is 1.58 bits per heavy atom. The Bertz CT molecular complexity index is 475. The third-order valence-electron chi connectivity index (χ3n) is 2.53. The summed E-state index contributed by atoms with van der Waals surface area (Å²) in [5.74, 6) is -0.462. The molecule has 0 radical (unpaired) electrons. The normalized spacial score (nSPS) is 11.9. The van der Waals surface area contributed by atoms with Gasteiger partial charge in [-0.1, -0.05) is 6.07 Å². The van der Waals surface area contributed by atoms with Crippen molar-refractivity contribution in [2.45, 2.75) is 13.0 Å². The average molecular weight is 268 g/mol. The van der Waals surface area contributed by atoms with Gasteiger partial charge in [-0.3, -0.25) is 14.9 Å². The van der Waals surface area contributed by atoms with Crippen molar-refractivity contribution in [1.82, 2.24) is 5.32 Å². The molecule has 0 aliphatic heterocycles. The van der Waals surface area contributed by atoms with E-state index in [0.29, 0.717) is 5.56 Å². The van der Waals surface area contributed by atoms with Crippen molar-refractivity contribution in [2.75, 3.05) is 20.3 Å². The number of benzene rings is 1. The summed E-state index contributed by atoms with van der Waals surface area (Å²) < 4.78 is 4.73. The molecule has 1 unspecified atom stereocenters. The first-order valence-electron chi connectivity index (χ1n) is 5.66. The standard InChI is InChI=1S/C12H16N2O5/c1-8-3-4-9(14(17)18)5-11(8)12(16)13-6-10(15)7-19-2/h3-5,10,15H,6-7H2,1-2H3,(H,13,16). The van der Waals surface area contributed by atoms with Crippen LogP contribution in [0.1, 0.15) is 15.9 Å². The van der Waals surface area contributed by atoms with Gasteiger partial charge in [0.15, 0.2) is 0 Å². The van der Waals surface area contributed by atoms with Crippen molar-refractivity contribution in [2.24, 2.45) is 0 Å². The van der Waals surface area contributed by atoms with Crippen LogP contribution in [0.5, 0.6) is 0 Å². The summed E-state index contributed by atoms with van der Waals surface area (Å²) in [4.78, 5) is 22.0. The second-order valence-corrected chi connectivity index (χ2v) is 4.08. The second-order valence-electron chi connectivity index (χ2n) is 4.08. The van der Waals surface area contributed by atoms with Gasteiger partial charge in [0, 0.05) is 31.4 Å². The van der Waals surface area contributed by atoms with Crippen molar-refractivity contribution in [3.05, 3.63) is 39.4 Å². The van der Waals surface area contributed by atoms with Crippen LogP contribution in [-0.2, 0) is 4.74 Å². The lowest BCUT2D eigenvalue weighted by molar-refractivity contribution is -0.384. The fraction of sp³-hybridized carbons (Fsp3) is 0.417. The minimum atomic E-state index is -0.812. The van der Waals surface area contributed by atoms with E-state index in [1.165, 1.54) is 25.3 Å². The molecular weight excluding hydrogens is 252 g/mol. The molecule has 1 atom stereocenters. The Kier molecular flexibility index (Phi) is 5.40. The molecule has 1 aromatic carbocycles. The monoisotopic (exact) mass is 268 g/mol. The maximum absolute atomic E-state index is 11.9. The Morgan fingerprint density at radius 2 is 2.26 bits per heavy atom.